The molecule has 6 heteroatoms. The van der Waals surface area contributed by atoms with Crippen molar-refractivity contribution < 1.29 is 29.3 Å². The molecule has 0 saturated heterocycles. The van der Waals surface area contributed by atoms with Crippen molar-refractivity contribution >= 4 is 11.8 Å². The molecule has 6 nitrogen and oxygen atoms in total. The van der Waals surface area contributed by atoms with E-state index in [1.807, 2.05) is 19.9 Å². The van der Waals surface area contributed by atoms with Crippen LogP contribution in [0.1, 0.15) is 46.5 Å². The lowest BCUT2D eigenvalue weighted by atomic mass is 9.83. The van der Waals surface area contributed by atoms with E-state index in [0.717, 1.165) is 0 Å². The second kappa shape index (κ2) is 11.3. The van der Waals surface area contributed by atoms with Crippen molar-refractivity contribution in [2.24, 2.45) is 11.8 Å². The van der Waals surface area contributed by atoms with E-state index in [9.17, 15) is 19.8 Å². The molecule has 1 unspecified atom stereocenters. The van der Waals surface area contributed by atoms with Gasteiger partial charge in [-0.1, -0.05) is 38.5 Å². The fraction of sp³-hybridized carbons (Fsp3) is 0.700. The smallest absolute Gasteiger partial charge is 0.308 e. The number of ether oxygens (including phenoxy) is 2. The maximum absolute atomic E-state index is 12.2. The maximum Gasteiger partial charge on any atom is 0.308 e. The molecule has 1 heterocycles. The zero-order valence-electron chi connectivity index (χ0n) is 16.1. The van der Waals surface area contributed by atoms with Crippen molar-refractivity contribution in [3.05, 3.63) is 24.3 Å². The monoisotopic (exact) mass is 368 g/mol. The summed E-state index contributed by atoms with van der Waals surface area (Å²) in [4.78, 5) is 24.3. The van der Waals surface area contributed by atoms with Gasteiger partial charge in [0, 0.05) is 19.4 Å². The number of carbonyl (C=O) groups is 2. The van der Waals surface area contributed by atoms with Gasteiger partial charge in [-0.2, -0.15) is 0 Å². The van der Waals surface area contributed by atoms with Crippen LogP contribution in [0.15, 0.2) is 24.3 Å². The molecule has 0 bridgehead atoms. The van der Waals surface area contributed by atoms with E-state index in [0.29, 0.717) is 19.3 Å². The average Bonchev–Trinajstić information content (AvgIpc) is 2.58. The summed E-state index contributed by atoms with van der Waals surface area (Å²) in [7, 11) is 1.39. The summed E-state index contributed by atoms with van der Waals surface area (Å²) < 4.78 is 10.5. The van der Waals surface area contributed by atoms with Crippen LogP contribution in [-0.4, -0.2) is 53.5 Å². The third-order valence-electron chi connectivity index (χ3n) is 4.82. The normalized spacial score (nSPS) is 37.8. The molecule has 1 rings (SSSR count). The molecule has 26 heavy (non-hydrogen) atoms. The number of rotatable bonds is 2. The predicted octanol–water partition coefficient (Wildman–Crippen LogP) is 2.18. The summed E-state index contributed by atoms with van der Waals surface area (Å²) in [5.74, 6) is -1.04. The molecule has 0 aromatic carbocycles. The Morgan fingerprint density at radius 1 is 1.23 bits per heavy atom. The highest BCUT2D eigenvalue weighted by atomic mass is 16.5. The number of hydrogen-bond acceptors (Lipinski definition) is 6. The zero-order chi connectivity index (χ0) is 19.7. The number of methoxy groups -OCH3 is 1. The molecule has 0 fully saturated rings. The fourth-order valence-corrected chi connectivity index (χ4v) is 3.18. The Hall–Kier alpha value is -1.50. The molecule has 0 amide bonds. The van der Waals surface area contributed by atoms with Crippen molar-refractivity contribution in [1.82, 2.24) is 0 Å². The van der Waals surface area contributed by atoms with Gasteiger partial charge in [0.2, 0.25) is 0 Å². The largest absolute Gasteiger partial charge is 0.462 e. The van der Waals surface area contributed by atoms with Crippen molar-refractivity contribution in [2.75, 3.05) is 7.11 Å². The number of esters is 1. The van der Waals surface area contributed by atoms with E-state index in [4.69, 9.17) is 9.47 Å². The van der Waals surface area contributed by atoms with Gasteiger partial charge in [0.25, 0.3) is 0 Å². The van der Waals surface area contributed by atoms with Crippen LogP contribution in [0.3, 0.4) is 0 Å². The molecule has 148 valence electrons. The first-order valence-electron chi connectivity index (χ1n) is 9.25. The van der Waals surface area contributed by atoms with Crippen LogP contribution in [0.2, 0.25) is 0 Å². The number of allylic oxidation sites excluding steroid dienone is 3. The third-order valence-corrected chi connectivity index (χ3v) is 4.82. The molecule has 6 atom stereocenters. The van der Waals surface area contributed by atoms with Crippen LogP contribution >= 0.6 is 0 Å². The van der Waals surface area contributed by atoms with Gasteiger partial charge in [0.15, 0.2) is 5.78 Å². The lowest BCUT2D eigenvalue weighted by Gasteiger charge is -2.32. The van der Waals surface area contributed by atoms with Gasteiger partial charge in [-0.3, -0.25) is 9.59 Å². The highest BCUT2D eigenvalue weighted by Gasteiger charge is 2.35. The van der Waals surface area contributed by atoms with E-state index in [1.165, 1.54) is 13.2 Å². The van der Waals surface area contributed by atoms with Gasteiger partial charge in [-0.05, 0) is 25.3 Å². The minimum absolute atomic E-state index is 0.0126. The minimum atomic E-state index is -1.18. The standard InChI is InChI=1S/C20H32O6/c1-5-15-11-13(2)16(21)10-8-6-7-9-14(3)26-18(23)12-17(22)20(25-4)19(15)24/h6-8,10,13-15,17,19-20,22,24H,5,9,11-12H2,1-4H3/b7-6+,10-8+/t13-,14-,15+,17-,19+,20?/m1/s1. The molecule has 0 saturated carbocycles. The number of carbonyl (C=O) groups excluding carboxylic acids is 2. The van der Waals surface area contributed by atoms with Gasteiger partial charge in [-0.15, -0.1) is 0 Å². The topological polar surface area (TPSA) is 93.1 Å². The SMILES string of the molecule is CC[C@H]1C[C@@H](C)C(=O)/C=C/C=C/C[C@@H](C)OC(=O)C[C@@H](O)C(OC)[C@H]1O. The number of ketones is 1. The second-order valence-electron chi connectivity index (χ2n) is 6.99. The molecule has 0 radical (unpaired) electrons. The summed E-state index contributed by atoms with van der Waals surface area (Å²) >= 11 is 0. The van der Waals surface area contributed by atoms with Crippen LogP contribution in [0.25, 0.3) is 0 Å². The number of aliphatic hydroxyl groups is 2. The Bertz CT molecular complexity index is 512. The number of cyclic esters (lactones) is 1. The minimum Gasteiger partial charge on any atom is -0.462 e. The van der Waals surface area contributed by atoms with Gasteiger partial charge in [-0.25, -0.2) is 0 Å². The summed E-state index contributed by atoms with van der Waals surface area (Å²) in [6, 6.07) is 0. The summed E-state index contributed by atoms with van der Waals surface area (Å²) in [6.45, 7) is 5.49. The van der Waals surface area contributed by atoms with E-state index in [-0.39, 0.29) is 30.1 Å². The highest BCUT2D eigenvalue weighted by Crippen LogP contribution is 2.25. The van der Waals surface area contributed by atoms with E-state index in [1.54, 1.807) is 19.1 Å². The molecule has 2 N–H and O–H groups in total. The first kappa shape index (κ1) is 22.5. The van der Waals surface area contributed by atoms with Crippen LogP contribution < -0.4 is 0 Å². The molecule has 1 aliphatic heterocycles. The molecule has 0 aliphatic carbocycles. The molecule has 0 aromatic rings. The van der Waals surface area contributed by atoms with Crippen LogP contribution in [0.5, 0.6) is 0 Å². The van der Waals surface area contributed by atoms with E-state index in [2.05, 4.69) is 0 Å². The van der Waals surface area contributed by atoms with E-state index >= 15 is 0 Å². The Balaban J connectivity index is 3.04. The Morgan fingerprint density at radius 2 is 1.92 bits per heavy atom. The quantitative estimate of drug-likeness (QED) is 0.726. The van der Waals surface area contributed by atoms with Crippen molar-refractivity contribution in [3.63, 3.8) is 0 Å². The van der Waals surface area contributed by atoms with Gasteiger partial charge in [0.1, 0.15) is 12.2 Å². The van der Waals surface area contributed by atoms with Gasteiger partial charge < -0.3 is 19.7 Å². The third kappa shape index (κ3) is 7.02. The maximum atomic E-state index is 12.2. The van der Waals surface area contributed by atoms with Gasteiger partial charge in [0.05, 0.1) is 18.6 Å². The zero-order valence-corrected chi connectivity index (χ0v) is 16.1. The molecule has 1 aliphatic rings. The van der Waals surface area contributed by atoms with Crippen molar-refractivity contribution in [2.45, 2.75) is 70.9 Å². The lowest BCUT2D eigenvalue weighted by molar-refractivity contribution is -0.156. The Labute approximate surface area is 155 Å². The van der Waals surface area contributed by atoms with Crippen molar-refractivity contribution in [1.29, 1.82) is 0 Å². The average molecular weight is 368 g/mol. The highest BCUT2D eigenvalue weighted by molar-refractivity contribution is 5.91. The van der Waals surface area contributed by atoms with E-state index < -0.39 is 24.3 Å². The number of hydrogen-bond donors (Lipinski definition) is 2. The molecule has 0 aromatic heterocycles. The first-order valence-corrected chi connectivity index (χ1v) is 9.25. The molecule has 0 spiro atoms. The van der Waals surface area contributed by atoms with Crippen LogP contribution in [-0.2, 0) is 19.1 Å². The van der Waals surface area contributed by atoms with Crippen LogP contribution in [0.4, 0.5) is 0 Å². The number of aliphatic hydroxyl groups excluding tert-OH is 2. The summed E-state index contributed by atoms with van der Waals surface area (Å²) in [6.07, 6.45) is 4.67. The Kier molecular flexibility index (Phi) is 9.76. The first-order chi connectivity index (χ1) is 12.3. The Morgan fingerprint density at radius 3 is 2.54 bits per heavy atom. The second-order valence-corrected chi connectivity index (χ2v) is 6.99. The predicted molar refractivity (Wildman–Crippen MR) is 98.4 cm³/mol. The van der Waals surface area contributed by atoms with Crippen LogP contribution in [0, 0.1) is 11.8 Å². The lowest BCUT2D eigenvalue weighted by Crippen LogP contribution is -2.45. The summed E-state index contributed by atoms with van der Waals surface area (Å²) in [5.41, 5.74) is 0. The molecular formula is C20H32O6. The summed E-state index contributed by atoms with van der Waals surface area (Å²) in [5, 5.41) is 21.0. The fourth-order valence-electron chi connectivity index (χ4n) is 3.18. The van der Waals surface area contributed by atoms with Gasteiger partial charge >= 0.3 is 5.97 Å². The molecular weight excluding hydrogens is 336 g/mol. The van der Waals surface area contributed by atoms with Crippen molar-refractivity contribution in [3.8, 4) is 0 Å².